The van der Waals surface area contributed by atoms with E-state index in [-0.39, 0.29) is 16.4 Å². The molecule has 0 spiro atoms. The van der Waals surface area contributed by atoms with Gasteiger partial charge in [0.1, 0.15) is 0 Å². The van der Waals surface area contributed by atoms with E-state index in [1.54, 1.807) is 0 Å². The van der Waals surface area contributed by atoms with Gasteiger partial charge < -0.3 is 0 Å². The molecule has 1 aromatic heterocycles. The molecule has 0 radical (unpaired) electrons. The Labute approximate surface area is 191 Å². The van der Waals surface area contributed by atoms with E-state index in [9.17, 15) is 0 Å². The van der Waals surface area contributed by atoms with Crippen LogP contribution in [0.4, 0.5) is 0 Å². The maximum absolute atomic E-state index is 4.52. The summed E-state index contributed by atoms with van der Waals surface area (Å²) in [5.41, 5.74) is 9.29. The van der Waals surface area contributed by atoms with Crippen molar-refractivity contribution >= 4 is 10.8 Å². The van der Waals surface area contributed by atoms with E-state index >= 15 is 0 Å². The van der Waals surface area contributed by atoms with Crippen molar-refractivity contribution in [3.05, 3.63) is 102 Å². The van der Waals surface area contributed by atoms with Gasteiger partial charge in [0.15, 0.2) is 6.20 Å². The molecule has 1 aliphatic heterocycles. The molecular weight excluding hydrogens is 386 g/mol. The summed E-state index contributed by atoms with van der Waals surface area (Å²) >= 11 is 0. The average molecular weight is 417 g/mol. The summed E-state index contributed by atoms with van der Waals surface area (Å²) in [6.45, 7) is 16.0. The number of hydrogen-bond acceptors (Lipinski definition) is 0. The molecule has 1 saturated carbocycles. The number of hydrogen-bond donors (Lipinski definition) is 0. The van der Waals surface area contributed by atoms with Crippen molar-refractivity contribution < 1.29 is 4.57 Å². The van der Waals surface area contributed by atoms with Gasteiger partial charge in [-0.15, -0.1) is 0 Å². The van der Waals surface area contributed by atoms with Crippen LogP contribution < -0.4 is 4.57 Å². The van der Waals surface area contributed by atoms with Crippen LogP contribution in [0.2, 0.25) is 0 Å². The van der Waals surface area contributed by atoms with Gasteiger partial charge in [0.25, 0.3) is 0 Å². The Morgan fingerprint density at radius 2 is 1.50 bits per heavy atom. The maximum Gasteiger partial charge on any atom is 0.221 e. The summed E-state index contributed by atoms with van der Waals surface area (Å²) in [5, 5.41) is 2.59. The lowest BCUT2D eigenvalue weighted by Crippen LogP contribution is -2.52. The smallest absolute Gasteiger partial charge is 0.187 e. The predicted molar refractivity (Wildman–Crippen MR) is 134 cm³/mol. The zero-order valence-electron chi connectivity index (χ0n) is 19.7. The minimum absolute atomic E-state index is 0.0307. The van der Waals surface area contributed by atoms with Gasteiger partial charge in [0.2, 0.25) is 11.2 Å². The number of allylic oxidation sites excluding steroid dienone is 1. The molecule has 0 saturated heterocycles. The van der Waals surface area contributed by atoms with Gasteiger partial charge >= 0.3 is 0 Å². The third-order valence-corrected chi connectivity index (χ3v) is 8.34. The standard InChI is InChI=1S/C31H30N/c1-20-30(5)27-16-13-23(21-11-14-24(15-12-21)29(2,3)4)19-26(27)28-25-10-8-7-9-22(25)17-18-32(28)31(20,30)6/h7-19H,1H2,2-6H3/q+1. The second-order valence-corrected chi connectivity index (χ2v) is 10.9. The lowest BCUT2D eigenvalue weighted by Gasteiger charge is -2.26. The fourth-order valence-corrected chi connectivity index (χ4v) is 5.95. The van der Waals surface area contributed by atoms with E-state index in [0.717, 1.165) is 0 Å². The Morgan fingerprint density at radius 1 is 0.812 bits per heavy atom. The number of fused-ring (bicyclic) bond motifs is 8. The Hall–Kier alpha value is -3.19. The second-order valence-electron chi connectivity index (χ2n) is 10.9. The average Bonchev–Trinajstić information content (AvgIpc) is 3.26. The highest BCUT2D eigenvalue weighted by atomic mass is 15.2. The first-order valence-electron chi connectivity index (χ1n) is 11.6. The van der Waals surface area contributed by atoms with Crippen LogP contribution in [0.25, 0.3) is 33.2 Å². The number of pyridine rings is 1. The number of rotatable bonds is 1. The van der Waals surface area contributed by atoms with E-state index < -0.39 is 0 Å². The molecule has 3 aromatic carbocycles. The first-order valence-corrected chi connectivity index (χ1v) is 11.6. The number of benzene rings is 3. The second kappa shape index (κ2) is 5.98. The van der Waals surface area contributed by atoms with Gasteiger partial charge in [-0.2, -0.15) is 4.57 Å². The molecule has 2 unspecified atom stereocenters. The molecule has 6 rings (SSSR count). The molecule has 2 heterocycles. The predicted octanol–water partition coefficient (Wildman–Crippen LogP) is 7.32. The minimum Gasteiger partial charge on any atom is -0.187 e. The first-order chi connectivity index (χ1) is 15.2. The Kier molecular flexibility index (Phi) is 3.64. The fourth-order valence-electron chi connectivity index (χ4n) is 5.95. The molecule has 158 valence electrons. The Balaban J connectivity index is 1.61. The molecule has 1 aliphatic carbocycles. The van der Waals surface area contributed by atoms with Crippen molar-refractivity contribution in [1.29, 1.82) is 0 Å². The van der Waals surface area contributed by atoms with Crippen molar-refractivity contribution in [1.82, 2.24) is 0 Å². The zero-order valence-corrected chi connectivity index (χ0v) is 19.7. The highest BCUT2D eigenvalue weighted by molar-refractivity contribution is 5.96. The topological polar surface area (TPSA) is 3.88 Å². The lowest BCUT2D eigenvalue weighted by atomic mass is 9.81. The van der Waals surface area contributed by atoms with Gasteiger partial charge in [0.05, 0.1) is 16.4 Å². The van der Waals surface area contributed by atoms with Crippen molar-refractivity contribution in [2.24, 2.45) is 0 Å². The Morgan fingerprint density at radius 3 is 2.22 bits per heavy atom. The van der Waals surface area contributed by atoms with E-state index in [4.69, 9.17) is 0 Å². The SMILES string of the molecule is C=C1C2(C)c3ccc(-c4ccc(C(C)(C)C)cc4)cc3-c3c4ccccc4cc[n+]3C12C. The molecule has 2 atom stereocenters. The van der Waals surface area contributed by atoms with Gasteiger partial charge in [-0.05, 0) is 52.1 Å². The summed E-state index contributed by atoms with van der Waals surface area (Å²) in [6, 6.07) is 27.1. The number of aromatic nitrogens is 1. The summed E-state index contributed by atoms with van der Waals surface area (Å²) in [6.07, 6.45) is 2.27. The highest BCUT2D eigenvalue weighted by Crippen LogP contribution is 2.67. The minimum atomic E-state index is -0.0742. The van der Waals surface area contributed by atoms with Crippen molar-refractivity contribution in [2.45, 2.75) is 51.0 Å². The van der Waals surface area contributed by atoms with E-state index in [1.807, 2.05) is 0 Å². The molecule has 1 heteroatoms. The lowest BCUT2D eigenvalue weighted by molar-refractivity contribution is -0.726. The maximum atomic E-state index is 4.52. The Bertz CT molecular complexity index is 1430. The largest absolute Gasteiger partial charge is 0.221 e. The summed E-state index contributed by atoms with van der Waals surface area (Å²) in [5.74, 6) is 0. The first kappa shape index (κ1) is 19.5. The normalized spacial score (nSPS) is 23.5. The molecule has 1 nitrogen and oxygen atoms in total. The summed E-state index contributed by atoms with van der Waals surface area (Å²) < 4.78 is 2.48. The van der Waals surface area contributed by atoms with Crippen LogP contribution in [-0.2, 0) is 16.4 Å². The molecule has 0 amide bonds. The van der Waals surface area contributed by atoms with E-state index in [2.05, 4.69) is 125 Å². The van der Waals surface area contributed by atoms with Gasteiger partial charge in [0, 0.05) is 18.6 Å². The van der Waals surface area contributed by atoms with Crippen LogP contribution in [-0.4, -0.2) is 0 Å². The van der Waals surface area contributed by atoms with Crippen molar-refractivity contribution in [3.8, 4) is 22.4 Å². The highest BCUT2D eigenvalue weighted by Gasteiger charge is 2.77. The molecule has 0 bridgehead atoms. The quantitative estimate of drug-likeness (QED) is 0.226. The van der Waals surface area contributed by atoms with E-state index in [1.165, 1.54) is 49.9 Å². The van der Waals surface area contributed by atoms with Crippen molar-refractivity contribution in [3.63, 3.8) is 0 Å². The summed E-state index contributed by atoms with van der Waals surface area (Å²) in [4.78, 5) is 0. The number of nitrogens with zero attached hydrogens (tertiary/aromatic N) is 1. The molecular formula is C31H30N+. The van der Waals surface area contributed by atoms with Crippen LogP contribution >= 0.6 is 0 Å². The molecule has 32 heavy (non-hydrogen) atoms. The molecule has 0 N–H and O–H groups in total. The zero-order chi connectivity index (χ0) is 22.5. The van der Waals surface area contributed by atoms with Crippen LogP contribution in [0.5, 0.6) is 0 Å². The van der Waals surface area contributed by atoms with Crippen LogP contribution in [0.3, 0.4) is 0 Å². The van der Waals surface area contributed by atoms with Crippen LogP contribution in [0.1, 0.15) is 45.7 Å². The third kappa shape index (κ3) is 2.26. The van der Waals surface area contributed by atoms with Crippen LogP contribution in [0.15, 0.2) is 91.1 Å². The summed E-state index contributed by atoms with van der Waals surface area (Å²) in [7, 11) is 0. The monoisotopic (exact) mass is 416 g/mol. The van der Waals surface area contributed by atoms with Gasteiger partial charge in [-0.1, -0.05) is 81.9 Å². The fraction of sp³-hybridized carbons (Fsp3) is 0.258. The molecule has 4 aromatic rings. The van der Waals surface area contributed by atoms with Gasteiger partial charge in [-0.3, -0.25) is 0 Å². The van der Waals surface area contributed by atoms with Crippen molar-refractivity contribution in [2.75, 3.05) is 0 Å². The molecule has 2 aliphatic rings. The third-order valence-electron chi connectivity index (χ3n) is 8.34. The van der Waals surface area contributed by atoms with Gasteiger partial charge in [-0.25, -0.2) is 0 Å². The molecule has 1 fully saturated rings. The van der Waals surface area contributed by atoms with Crippen LogP contribution in [0, 0.1) is 0 Å². The van der Waals surface area contributed by atoms with E-state index in [0.29, 0.717) is 0 Å².